The standard InChI is InChI=1S/C21H17N5O4S/c22-18-10-19(27)24-21(23-18)31-11-20(28)26-14(16-6-3-7-29-16)9-13(25-26)17-8-12-4-1-2-5-15(12)30-17/h1-8,10,14H,9,11H2,(H3,22,23,24,27). The molecule has 156 valence electrons. The number of H-pyrrole nitrogens is 1. The lowest BCUT2D eigenvalue weighted by Crippen LogP contribution is -2.28. The topological polar surface area (TPSA) is 131 Å². The van der Waals surface area contributed by atoms with Gasteiger partial charge in [-0.05, 0) is 24.3 Å². The normalized spacial score (nSPS) is 16.1. The van der Waals surface area contributed by atoms with E-state index in [1.54, 1.807) is 12.3 Å². The van der Waals surface area contributed by atoms with E-state index in [9.17, 15) is 9.59 Å². The third kappa shape index (κ3) is 3.84. The minimum absolute atomic E-state index is 0.0144. The molecule has 1 unspecified atom stereocenters. The fourth-order valence-corrected chi connectivity index (χ4v) is 4.17. The Kier molecular flexibility index (Phi) is 4.83. The van der Waals surface area contributed by atoms with Gasteiger partial charge >= 0.3 is 0 Å². The van der Waals surface area contributed by atoms with Crippen LogP contribution in [0, 0.1) is 0 Å². The molecule has 1 atom stereocenters. The molecule has 1 amide bonds. The Morgan fingerprint density at radius 1 is 1.26 bits per heavy atom. The summed E-state index contributed by atoms with van der Waals surface area (Å²) in [6, 6.07) is 14.0. The molecule has 0 saturated carbocycles. The number of nitrogens with zero attached hydrogens (tertiary/aromatic N) is 3. The van der Waals surface area contributed by atoms with Crippen LogP contribution in [0.3, 0.4) is 0 Å². The maximum atomic E-state index is 13.0. The Morgan fingerprint density at radius 3 is 2.90 bits per heavy atom. The Morgan fingerprint density at radius 2 is 2.13 bits per heavy atom. The number of benzene rings is 1. The molecule has 4 aromatic rings. The smallest absolute Gasteiger partial charge is 0.253 e. The first-order chi connectivity index (χ1) is 15.1. The molecular weight excluding hydrogens is 418 g/mol. The molecule has 1 aliphatic heterocycles. The van der Waals surface area contributed by atoms with Crippen LogP contribution in [0.1, 0.15) is 24.0 Å². The summed E-state index contributed by atoms with van der Waals surface area (Å²) in [6.45, 7) is 0. The zero-order valence-electron chi connectivity index (χ0n) is 16.1. The average molecular weight is 435 g/mol. The Balaban J connectivity index is 1.41. The zero-order chi connectivity index (χ0) is 21.4. The molecule has 4 heterocycles. The number of aromatic amines is 1. The molecule has 1 aliphatic rings. The van der Waals surface area contributed by atoms with Gasteiger partial charge in [0.15, 0.2) is 10.9 Å². The van der Waals surface area contributed by atoms with Gasteiger partial charge in [-0.1, -0.05) is 30.0 Å². The maximum absolute atomic E-state index is 13.0. The predicted molar refractivity (Wildman–Crippen MR) is 116 cm³/mol. The molecule has 5 rings (SSSR count). The number of hydrazone groups is 1. The van der Waals surface area contributed by atoms with Gasteiger partial charge < -0.3 is 19.6 Å². The number of aromatic nitrogens is 2. The number of anilines is 1. The summed E-state index contributed by atoms with van der Waals surface area (Å²) in [5, 5.41) is 7.19. The van der Waals surface area contributed by atoms with Crippen molar-refractivity contribution in [3.63, 3.8) is 0 Å². The maximum Gasteiger partial charge on any atom is 0.253 e. The lowest BCUT2D eigenvalue weighted by molar-refractivity contribution is -0.130. The number of nitrogens with one attached hydrogen (secondary N) is 1. The molecule has 3 N–H and O–H groups in total. The molecular formula is C21H17N5O4S. The van der Waals surface area contributed by atoms with Crippen molar-refractivity contribution < 1.29 is 13.6 Å². The number of rotatable bonds is 5. The second-order valence-corrected chi connectivity index (χ2v) is 7.90. The average Bonchev–Trinajstić information content (AvgIpc) is 3.49. The number of carbonyl (C=O) groups is 1. The summed E-state index contributed by atoms with van der Waals surface area (Å²) in [4.78, 5) is 31.2. The van der Waals surface area contributed by atoms with E-state index in [0.29, 0.717) is 23.7 Å². The van der Waals surface area contributed by atoms with Crippen molar-refractivity contribution in [1.29, 1.82) is 0 Å². The number of amides is 1. The lowest BCUT2D eigenvalue weighted by atomic mass is 10.1. The SMILES string of the molecule is Nc1cc(=O)[nH]c(SCC(=O)N2N=C(c3cc4ccccc4o3)CC2c2ccco2)n1. The van der Waals surface area contributed by atoms with Crippen molar-refractivity contribution in [2.45, 2.75) is 17.6 Å². The fourth-order valence-electron chi connectivity index (χ4n) is 3.43. The number of hydrogen-bond donors (Lipinski definition) is 2. The fraction of sp³-hybridized carbons (Fsp3) is 0.143. The van der Waals surface area contributed by atoms with Gasteiger partial charge in [-0.2, -0.15) is 5.10 Å². The van der Waals surface area contributed by atoms with Gasteiger partial charge in [-0.3, -0.25) is 9.59 Å². The number of carbonyl (C=O) groups excluding carboxylic acids is 1. The molecule has 0 spiro atoms. The monoisotopic (exact) mass is 435 g/mol. The van der Waals surface area contributed by atoms with Crippen LogP contribution in [0.2, 0.25) is 0 Å². The van der Waals surface area contributed by atoms with Crippen molar-refractivity contribution in [2.75, 3.05) is 11.5 Å². The minimum atomic E-state index is -0.390. The number of para-hydroxylation sites is 1. The van der Waals surface area contributed by atoms with Crippen LogP contribution in [-0.4, -0.2) is 32.3 Å². The molecule has 9 nitrogen and oxygen atoms in total. The van der Waals surface area contributed by atoms with Crippen molar-refractivity contribution >= 4 is 40.2 Å². The van der Waals surface area contributed by atoms with E-state index in [1.165, 1.54) is 11.1 Å². The molecule has 10 heteroatoms. The number of hydrogen-bond acceptors (Lipinski definition) is 8. The van der Waals surface area contributed by atoms with Gasteiger partial charge in [0.25, 0.3) is 11.5 Å². The molecule has 0 radical (unpaired) electrons. The highest BCUT2D eigenvalue weighted by atomic mass is 32.2. The van der Waals surface area contributed by atoms with Crippen LogP contribution in [0.5, 0.6) is 0 Å². The number of nitrogen functional groups attached to an aromatic ring is 1. The quantitative estimate of drug-likeness (QED) is 0.364. The number of furan rings is 2. The second-order valence-electron chi connectivity index (χ2n) is 6.93. The summed E-state index contributed by atoms with van der Waals surface area (Å²) in [6.07, 6.45) is 2.02. The summed E-state index contributed by atoms with van der Waals surface area (Å²) < 4.78 is 11.5. The van der Waals surface area contributed by atoms with Crippen LogP contribution in [0.25, 0.3) is 11.0 Å². The van der Waals surface area contributed by atoms with E-state index in [1.807, 2.05) is 36.4 Å². The number of nitrogens with two attached hydrogens (primary N) is 1. The minimum Gasteiger partial charge on any atom is -0.467 e. The van der Waals surface area contributed by atoms with Gasteiger partial charge in [-0.15, -0.1) is 0 Å². The predicted octanol–water partition coefficient (Wildman–Crippen LogP) is 3.16. The summed E-state index contributed by atoms with van der Waals surface area (Å²) in [5.74, 6) is 1.09. The Hall–Kier alpha value is -3.79. The second kappa shape index (κ2) is 7.80. The molecule has 31 heavy (non-hydrogen) atoms. The van der Waals surface area contributed by atoms with Gasteiger partial charge in [0, 0.05) is 17.9 Å². The summed E-state index contributed by atoms with van der Waals surface area (Å²) in [5.41, 5.74) is 6.65. The van der Waals surface area contributed by atoms with E-state index in [4.69, 9.17) is 14.6 Å². The van der Waals surface area contributed by atoms with Crippen molar-refractivity contribution in [3.8, 4) is 0 Å². The van der Waals surface area contributed by atoms with Crippen LogP contribution >= 0.6 is 11.8 Å². The van der Waals surface area contributed by atoms with Crippen molar-refractivity contribution in [1.82, 2.24) is 15.0 Å². The van der Waals surface area contributed by atoms with Crippen LogP contribution in [0.4, 0.5) is 5.82 Å². The Bertz CT molecular complexity index is 1310. The van der Waals surface area contributed by atoms with E-state index < -0.39 is 0 Å². The van der Waals surface area contributed by atoms with Gasteiger partial charge in [0.2, 0.25) is 0 Å². The third-order valence-corrected chi connectivity index (χ3v) is 5.68. The molecule has 0 saturated heterocycles. The molecule has 0 bridgehead atoms. The molecule has 1 aromatic carbocycles. The van der Waals surface area contributed by atoms with E-state index in [0.717, 1.165) is 22.7 Å². The highest BCUT2D eigenvalue weighted by Crippen LogP contribution is 2.35. The van der Waals surface area contributed by atoms with E-state index >= 15 is 0 Å². The summed E-state index contributed by atoms with van der Waals surface area (Å²) >= 11 is 1.08. The highest BCUT2D eigenvalue weighted by molar-refractivity contribution is 7.99. The van der Waals surface area contributed by atoms with Gasteiger partial charge in [0.05, 0.1) is 12.0 Å². The lowest BCUT2D eigenvalue weighted by Gasteiger charge is -2.19. The zero-order valence-corrected chi connectivity index (χ0v) is 17.0. The van der Waals surface area contributed by atoms with Crippen LogP contribution < -0.4 is 11.3 Å². The molecule has 0 aliphatic carbocycles. The first-order valence-electron chi connectivity index (χ1n) is 9.48. The van der Waals surface area contributed by atoms with E-state index in [-0.39, 0.29) is 34.2 Å². The van der Waals surface area contributed by atoms with Gasteiger partial charge in [-0.25, -0.2) is 9.99 Å². The largest absolute Gasteiger partial charge is 0.467 e. The molecule has 3 aromatic heterocycles. The number of thioether (sulfide) groups is 1. The first-order valence-corrected chi connectivity index (χ1v) is 10.5. The van der Waals surface area contributed by atoms with Crippen molar-refractivity contribution in [2.24, 2.45) is 5.10 Å². The first kappa shape index (κ1) is 19.2. The molecule has 0 fully saturated rings. The Labute approximate surface area is 179 Å². The van der Waals surface area contributed by atoms with E-state index in [2.05, 4.69) is 15.1 Å². The van der Waals surface area contributed by atoms with Crippen LogP contribution in [-0.2, 0) is 4.79 Å². The highest BCUT2D eigenvalue weighted by Gasteiger charge is 2.36. The van der Waals surface area contributed by atoms with Crippen molar-refractivity contribution in [3.05, 3.63) is 76.7 Å². The third-order valence-electron chi connectivity index (χ3n) is 4.82. The van der Waals surface area contributed by atoms with Crippen LogP contribution in [0.15, 0.2) is 78.7 Å². The summed E-state index contributed by atoms with van der Waals surface area (Å²) in [7, 11) is 0. The number of fused-ring (bicyclic) bond motifs is 1. The van der Waals surface area contributed by atoms with Gasteiger partial charge in [0.1, 0.15) is 28.9 Å².